The molecule has 0 bridgehead atoms. The van der Waals surface area contributed by atoms with Crippen molar-refractivity contribution in [3.63, 3.8) is 0 Å². The van der Waals surface area contributed by atoms with Crippen LogP contribution in [-0.2, 0) is 4.79 Å². The number of piperidine rings is 1. The van der Waals surface area contributed by atoms with Gasteiger partial charge in [-0.05, 0) is 49.9 Å². The molecule has 2 fully saturated rings. The Balaban J connectivity index is 1.51. The molecular weight excluding hydrogens is 375 g/mol. The minimum Gasteiger partial charge on any atom is -0.380 e. The summed E-state index contributed by atoms with van der Waals surface area (Å²) in [5.41, 5.74) is -1.01. The van der Waals surface area contributed by atoms with Gasteiger partial charge in [0.2, 0.25) is 0 Å². The van der Waals surface area contributed by atoms with Crippen LogP contribution < -0.4 is 10.9 Å². The molecule has 29 heavy (non-hydrogen) atoms. The number of halogens is 1. The van der Waals surface area contributed by atoms with Crippen LogP contribution in [0.25, 0.3) is 21.7 Å². The third kappa shape index (κ3) is 3.13. The lowest BCUT2D eigenvalue weighted by Gasteiger charge is -2.34. The maximum absolute atomic E-state index is 13.9. The van der Waals surface area contributed by atoms with Crippen LogP contribution in [0.4, 0.5) is 10.2 Å². The number of anilines is 1. The van der Waals surface area contributed by atoms with Gasteiger partial charge >= 0.3 is 0 Å². The second-order valence-electron chi connectivity index (χ2n) is 7.98. The number of rotatable bonds is 3. The molecule has 3 aromatic rings. The Kier molecular flexibility index (Phi) is 4.06. The summed E-state index contributed by atoms with van der Waals surface area (Å²) < 4.78 is 13.9. The number of benzene rings is 1. The number of carbonyl (C=O) groups excluding carboxylic acids is 1. The van der Waals surface area contributed by atoms with E-state index in [1.807, 2.05) is 0 Å². The number of carbonyl (C=O) groups is 1. The highest BCUT2D eigenvalue weighted by Crippen LogP contribution is 2.37. The fourth-order valence-electron chi connectivity index (χ4n) is 4.14. The van der Waals surface area contributed by atoms with Crippen molar-refractivity contribution in [1.29, 1.82) is 0 Å². The summed E-state index contributed by atoms with van der Waals surface area (Å²) in [6.07, 6.45) is 4.23. The first-order chi connectivity index (χ1) is 13.9. The van der Waals surface area contributed by atoms with Gasteiger partial charge in [0.15, 0.2) is 0 Å². The number of amides is 1. The number of aliphatic hydroxyl groups is 1. The quantitative estimate of drug-likeness (QED) is 0.590. The zero-order valence-corrected chi connectivity index (χ0v) is 15.7. The van der Waals surface area contributed by atoms with E-state index in [1.54, 1.807) is 17.0 Å². The van der Waals surface area contributed by atoms with Crippen molar-refractivity contribution in [3.05, 3.63) is 46.6 Å². The van der Waals surface area contributed by atoms with E-state index in [1.165, 1.54) is 18.3 Å². The third-order valence-corrected chi connectivity index (χ3v) is 5.85. The molecule has 150 valence electrons. The van der Waals surface area contributed by atoms with Gasteiger partial charge in [0.05, 0.1) is 10.9 Å². The number of aromatic nitrogens is 2. The van der Waals surface area contributed by atoms with Gasteiger partial charge in [-0.15, -0.1) is 0 Å². The fraction of sp³-hybridized carbons (Fsp3) is 0.381. The first kappa shape index (κ1) is 18.1. The zero-order valence-electron chi connectivity index (χ0n) is 15.7. The van der Waals surface area contributed by atoms with E-state index >= 15 is 0 Å². The van der Waals surface area contributed by atoms with E-state index in [0.29, 0.717) is 53.4 Å². The first-order valence-corrected chi connectivity index (χ1v) is 9.84. The van der Waals surface area contributed by atoms with Crippen LogP contribution in [0.1, 0.15) is 25.7 Å². The standard InChI is InChI=1S/C21H21FN4O3/c22-12-3-4-14-15(10-12)17-16(5-8-23-19(17)27)25-18(14)24-13-2-1-9-26(11-13)20(28)21(29)6-7-21/h3-5,8,10,13,29H,1-2,6-7,9,11H2,(H,23,27)(H,24,25)/t13-/m1/s1. The van der Waals surface area contributed by atoms with E-state index < -0.39 is 11.4 Å². The molecule has 7 nitrogen and oxygen atoms in total. The predicted molar refractivity (Wildman–Crippen MR) is 107 cm³/mol. The van der Waals surface area contributed by atoms with Crippen LogP contribution in [0.2, 0.25) is 0 Å². The van der Waals surface area contributed by atoms with Gasteiger partial charge in [-0.2, -0.15) is 0 Å². The van der Waals surface area contributed by atoms with Crippen LogP contribution in [0.3, 0.4) is 0 Å². The van der Waals surface area contributed by atoms with Crippen molar-refractivity contribution in [2.24, 2.45) is 0 Å². The largest absolute Gasteiger partial charge is 0.380 e. The molecule has 1 amide bonds. The van der Waals surface area contributed by atoms with E-state index in [4.69, 9.17) is 0 Å². The van der Waals surface area contributed by atoms with Crippen molar-refractivity contribution in [2.75, 3.05) is 18.4 Å². The highest BCUT2D eigenvalue weighted by Gasteiger charge is 2.50. The molecule has 3 N–H and O–H groups in total. The van der Waals surface area contributed by atoms with Gasteiger partial charge in [-0.3, -0.25) is 9.59 Å². The summed E-state index contributed by atoms with van der Waals surface area (Å²) in [6, 6.07) is 5.95. The van der Waals surface area contributed by atoms with E-state index in [-0.39, 0.29) is 17.5 Å². The fourth-order valence-corrected chi connectivity index (χ4v) is 4.14. The van der Waals surface area contributed by atoms with Crippen molar-refractivity contribution >= 4 is 33.4 Å². The van der Waals surface area contributed by atoms with Crippen molar-refractivity contribution in [2.45, 2.75) is 37.3 Å². The van der Waals surface area contributed by atoms with Crippen LogP contribution >= 0.6 is 0 Å². The molecule has 1 aromatic carbocycles. The highest BCUT2D eigenvalue weighted by molar-refractivity contribution is 6.09. The molecule has 5 rings (SSSR count). The Hall–Kier alpha value is -3.00. The smallest absolute Gasteiger partial charge is 0.258 e. The first-order valence-electron chi connectivity index (χ1n) is 9.84. The molecular formula is C21H21FN4O3. The van der Waals surface area contributed by atoms with Crippen LogP contribution in [0.15, 0.2) is 35.3 Å². The lowest BCUT2D eigenvalue weighted by Crippen LogP contribution is -2.49. The lowest BCUT2D eigenvalue weighted by atomic mass is 10.0. The normalized spacial score (nSPS) is 20.8. The number of hydrogen-bond acceptors (Lipinski definition) is 5. The van der Waals surface area contributed by atoms with Gasteiger partial charge in [0.1, 0.15) is 17.2 Å². The Morgan fingerprint density at radius 1 is 1.31 bits per heavy atom. The minimum absolute atomic E-state index is 0.0461. The number of H-pyrrole nitrogens is 1. The number of nitrogens with one attached hydrogen (secondary N) is 2. The molecule has 8 heteroatoms. The summed E-state index contributed by atoms with van der Waals surface area (Å²) in [6.45, 7) is 1.10. The number of hydrogen-bond donors (Lipinski definition) is 3. The number of fused-ring (bicyclic) bond motifs is 3. The summed E-state index contributed by atoms with van der Waals surface area (Å²) >= 11 is 0. The number of pyridine rings is 2. The molecule has 1 aliphatic heterocycles. The molecule has 1 saturated carbocycles. The van der Waals surface area contributed by atoms with Crippen molar-refractivity contribution in [1.82, 2.24) is 14.9 Å². The van der Waals surface area contributed by atoms with E-state index in [9.17, 15) is 19.1 Å². The SMILES string of the molecule is O=C(N1CCC[C@@H](Nc2nc3cc[nH]c(=O)c3c3cc(F)ccc23)C1)C1(O)CC1. The maximum atomic E-state index is 13.9. The Bertz CT molecular complexity index is 1190. The second-order valence-corrected chi connectivity index (χ2v) is 7.98. The Morgan fingerprint density at radius 2 is 2.14 bits per heavy atom. The molecule has 1 atom stereocenters. The average molecular weight is 396 g/mol. The monoisotopic (exact) mass is 396 g/mol. The predicted octanol–water partition coefficient (Wildman–Crippen LogP) is 2.14. The van der Waals surface area contributed by atoms with Gasteiger partial charge in [0.25, 0.3) is 11.5 Å². The molecule has 1 saturated heterocycles. The van der Waals surface area contributed by atoms with Gasteiger partial charge in [-0.1, -0.05) is 0 Å². The molecule has 1 aliphatic carbocycles. The van der Waals surface area contributed by atoms with E-state index in [0.717, 1.165) is 12.8 Å². The van der Waals surface area contributed by atoms with Crippen molar-refractivity contribution in [3.8, 4) is 0 Å². The summed E-state index contributed by atoms with van der Waals surface area (Å²) in [7, 11) is 0. The zero-order chi connectivity index (χ0) is 20.2. The molecule has 0 radical (unpaired) electrons. The van der Waals surface area contributed by atoms with E-state index in [2.05, 4.69) is 15.3 Å². The molecule has 2 aliphatic rings. The molecule has 0 unspecified atom stereocenters. The van der Waals surface area contributed by atoms with Crippen LogP contribution in [0.5, 0.6) is 0 Å². The van der Waals surface area contributed by atoms with Gasteiger partial charge in [-0.25, -0.2) is 9.37 Å². The average Bonchev–Trinajstić information content (AvgIpc) is 3.46. The number of nitrogens with zero attached hydrogens (tertiary/aromatic N) is 2. The van der Waals surface area contributed by atoms with Crippen molar-refractivity contribution < 1.29 is 14.3 Å². The number of aromatic amines is 1. The van der Waals surface area contributed by atoms with Crippen LogP contribution in [-0.4, -0.2) is 50.6 Å². The molecule has 2 aromatic heterocycles. The molecule has 0 spiro atoms. The highest BCUT2D eigenvalue weighted by atomic mass is 19.1. The van der Waals surface area contributed by atoms with Gasteiger partial charge in [0, 0.05) is 36.1 Å². The minimum atomic E-state index is -1.17. The van der Waals surface area contributed by atoms with Gasteiger partial charge < -0.3 is 20.3 Å². The third-order valence-electron chi connectivity index (χ3n) is 5.85. The second kappa shape index (κ2) is 6.52. The summed E-state index contributed by atoms with van der Waals surface area (Å²) in [4.78, 5) is 33.8. The molecule has 3 heterocycles. The summed E-state index contributed by atoms with van der Waals surface area (Å²) in [5.74, 6) is -0.0669. The summed E-state index contributed by atoms with van der Waals surface area (Å²) in [5, 5.41) is 15.0. The van der Waals surface area contributed by atoms with Crippen LogP contribution in [0, 0.1) is 5.82 Å². The number of likely N-dealkylation sites (tertiary alicyclic amines) is 1. The Labute approximate surface area is 165 Å². The Morgan fingerprint density at radius 3 is 2.93 bits per heavy atom. The lowest BCUT2D eigenvalue weighted by molar-refractivity contribution is -0.143. The topological polar surface area (TPSA) is 98.3 Å². The maximum Gasteiger partial charge on any atom is 0.258 e.